The lowest BCUT2D eigenvalue weighted by Gasteiger charge is -2.15. The number of H-pyrrole nitrogens is 1. The van der Waals surface area contributed by atoms with Crippen LogP contribution in [0.1, 0.15) is 45.1 Å². The molecule has 2 rings (SSSR count). The summed E-state index contributed by atoms with van der Waals surface area (Å²) in [6.07, 6.45) is 6.91. The zero-order chi connectivity index (χ0) is 16.7. The number of methoxy groups -OCH3 is 1. The summed E-state index contributed by atoms with van der Waals surface area (Å²) in [4.78, 5) is 15.5. The Hall–Kier alpha value is -1.97. The summed E-state index contributed by atoms with van der Waals surface area (Å²) in [7, 11) is 1.68. The fraction of sp³-hybridized carbons (Fsp3) is 0.526. The van der Waals surface area contributed by atoms with Crippen LogP contribution < -0.4 is 10.1 Å². The maximum absolute atomic E-state index is 12.3. The largest absolute Gasteiger partial charge is 0.497 e. The van der Waals surface area contributed by atoms with Crippen LogP contribution in [0.4, 0.5) is 0 Å². The monoisotopic (exact) mass is 316 g/mol. The van der Waals surface area contributed by atoms with Crippen molar-refractivity contribution in [2.45, 2.75) is 46.0 Å². The minimum Gasteiger partial charge on any atom is -0.497 e. The van der Waals surface area contributed by atoms with E-state index in [1.807, 2.05) is 24.4 Å². The van der Waals surface area contributed by atoms with Gasteiger partial charge in [-0.3, -0.25) is 4.79 Å². The average Bonchev–Trinajstić information content (AvgIpc) is 2.96. The maximum Gasteiger partial charge on any atom is 0.223 e. The van der Waals surface area contributed by atoms with Gasteiger partial charge in [-0.15, -0.1) is 0 Å². The molecular weight excluding hydrogens is 288 g/mol. The summed E-state index contributed by atoms with van der Waals surface area (Å²) in [5.74, 6) is 1.22. The zero-order valence-corrected chi connectivity index (χ0v) is 14.4. The number of hydrogen-bond acceptors (Lipinski definition) is 2. The molecular formula is C19H28N2O2. The van der Waals surface area contributed by atoms with Crippen LogP contribution in [-0.2, 0) is 11.2 Å². The Morgan fingerprint density at radius 2 is 2.00 bits per heavy atom. The van der Waals surface area contributed by atoms with Gasteiger partial charge >= 0.3 is 0 Å². The molecule has 0 spiro atoms. The quantitative estimate of drug-likeness (QED) is 0.733. The van der Waals surface area contributed by atoms with Gasteiger partial charge in [-0.25, -0.2) is 0 Å². The highest BCUT2D eigenvalue weighted by molar-refractivity contribution is 5.84. The van der Waals surface area contributed by atoms with Crippen LogP contribution in [0.3, 0.4) is 0 Å². The Kier molecular flexibility index (Phi) is 6.51. The van der Waals surface area contributed by atoms with E-state index in [0.717, 1.165) is 48.8 Å². The number of ether oxygens (including phenoxy) is 1. The molecule has 0 fully saturated rings. The van der Waals surface area contributed by atoms with Crippen molar-refractivity contribution in [1.29, 1.82) is 0 Å². The second-order valence-electron chi connectivity index (χ2n) is 6.04. The molecule has 126 valence electrons. The molecule has 0 saturated heterocycles. The summed E-state index contributed by atoms with van der Waals surface area (Å²) in [5, 5.41) is 4.26. The third-order valence-corrected chi connectivity index (χ3v) is 4.31. The van der Waals surface area contributed by atoms with Gasteiger partial charge in [-0.1, -0.05) is 26.7 Å². The van der Waals surface area contributed by atoms with Gasteiger partial charge in [0.15, 0.2) is 0 Å². The molecule has 1 heterocycles. The van der Waals surface area contributed by atoms with Crippen LogP contribution in [-0.4, -0.2) is 24.5 Å². The number of amides is 1. The number of nitrogens with one attached hydrogen (secondary N) is 2. The standard InChI is InChI=1S/C19H28N2O2/c1-4-6-14(7-5-2)19(22)20-11-10-15-13-21-18-9-8-16(23-3)12-17(15)18/h8-9,12-14,21H,4-7,10-11H2,1-3H3,(H,20,22). The number of aromatic amines is 1. The van der Waals surface area contributed by atoms with Crippen LogP contribution in [0.5, 0.6) is 5.75 Å². The first-order valence-electron chi connectivity index (χ1n) is 8.61. The molecule has 1 amide bonds. The summed E-state index contributed by atoms with van der Waals surface area (Å²) in [6, 6.07) is 6.01. The van der Waals surface area contributed by atoms with E-state index in [2.05, 4.69) is 24.1 Å². The smallest absolute Gasteiger partial charge is 0.223 e. The Labute approximate surface area is 138 Å². The Morgan fingerprint density at radius 1 is 1.26 bits per heavy atom. The number of rotatable bonds is 9. The molecule has 0 unspecified atom stereocenters. The van der Waals surface area contributed by atoms with Crippen molar-refractivity contribution < 1.29 is 9.53 Å². The number of benzene rings is 1. The second kappa shape index (κ2) is 8.61. The van der Waals surface area contributed by atoms with Crippen LogP contribution in [0.15, 0.2) is 24.4 Å². The van der Waals surface area contributed by atoms with Crippen molar-refractivity contribution in [2.24, 2.45) is 5.92 Å². The molecule has 0 radical (unpaired) electrons. The zero-order valence-electron chi connectivity index (χ0n) is 14.4. The van der Waals surface area contributed by atoms with Gasteiger partial charge < -0.3 is 15.0 Å². The Bertz CT molecular complexity index is 627. The summed E-state index contributed by atoms with van der Waals surface area (Å²) in [5.41, 5.74) is 2.31. The Morgan fingerprint density at radius 3 is 2.65 bits per heavy atom. The highest BCUT2D eigenvalue weighted by atomic mass is 16.5. The van der Waals surface area contributed by atoms with Gasteiger partial charge in [0.2, 0.25) is 5.91 Å². The van der Waals surface area contributed by atoms with E-state index in [4.69, 9.17) is 4.74 Å². The fourth-order valence-corrected chi connectivity index (χ4v) is 3.06. The van der Waals surface area contributed by atoms with Crippen LogP contribution >= 0.6 is 0 Å². The van der Waals surface area contributed by atoms with E-state index in [1.165, 1.54) is 5.56 Å². The van der Waals surface area contributed by atoms with Crippen LogP contribution in [0.25, 0.3) is 10.9 Å². The highest BCUT2D eigenvalue weighted by Crippen LogP contribution is 2.23. The lowest BCUT2D eigenvalue weighted by atomic mass is 9.97. The molecule has 0 aliphatic carbocycles. The minimum atomic E-state index is 0.160. The molecule has 0 aliphatic heterocycles. The van der Waals surface area contributed by atoms with E-state index in [9.17, 15) is 4.79 Å². The van der Waals surface area contributed by atoms with Crippen molar-refractivity contribution in [3.05, 3.63) is 30.0 Å². The topological polar surface area (TPSA) is 54.1 Å². The van der Waals surface area contributed by atoms with Crippen molar-refractivity contribution in [3.63, 3.8) is 0 Å². The molecule has 0 saturated carbocycles. The molecule has 23 heavy (non-hydrogen) atoms. The highest BCUT2D eigenvalue weighted by Gasteiger charge is 2.16. The predicted octanol–water partition coefficient (Wildman–Crippen LogP) is 4.05. The normalized spacial score (nSPS) is 11.1. The van der Waals surface area contributed by atoms with Crippen LogP contribution in [0.2, 0.25) is 0 Å². The first-order chi connectivity index (χ1) is 11.2. The first-order valence-corrected chi connectivity index (χ1v) is 8.61. The van der Waals surface area contributed by atoms with E-state index in [0.29, 0.717) is 6.54 Å². The van der Waals surface area contributed by atoms with Gasteiger partial charge in [-0.05, 0) is 43.0 Å². The van der Waals surface area contributed by atoms with Gasteiger partial charge in [0.25, 0.3) is 0 Å². The van der Waals surface area contributed by atoms with Gasteiger partial charge in [-0.2, -0.15) is 0 Å². The van der Waals surface area contributed by atoms with Crippen LogP contribution in [0, 0.1) is 5.92 Å². The van der Waals surface area contributed by atoms with Crippen molar-refractivity contribution in [3.8, 4) is 5.75 Å². The molecule has 2 N–H and O–H groups in total. The molecule has 0 atom stereocenters. The number of fused-ring (bicyclic) bond motifs is 1. The lowest BCUT2D eigenvalue weighted by Crippen LogP contribution is -2.32. The van der Waals surface area contributed by atoms with Crippen molar-refractivity contribution >= 4 is 16.8 Å². The van der Waals surface area contributed by atoms with E-state index in [-0.39, 0.29) is 11.8 Å². The van der Waals surface area contributed by atoms with Crippen molar-refractivity contribution in [2.75, 3.05) is 13.7 Å². The van der Waals surface area contributed by atoms with Gasteiger partial charge in [0.05, 0.1) is 7.11 Å². The third kappa shape index (κ3) is 4.50. The van der Waals surface area contributed by atoms with E-state index >= 15 is 0 Å². The predicted molar refractivity (Wildman–Crippen MR) is 94.9 cm³/mol. The lowest BCUT2D eigenvalue weighted by molar-refractivity contribution is -0.125. The van der Waals surface area contributed by atoms with E-state index in [1.54, 1.807) is 7.11 Å². The number of aromatic nitrogens is 1. The number of hydrogen-bond donors (Lipinski definition) is 2. The molecule has 0 aliphatic rings. The maximum atomic E-state index is 12.3. The number of carbonyl (C=O) groups excluding carboxylic acids is 1. The molecule has 1 aromatic carbocycles. The fourth-order valence-electron chi connectivity index (χ4n) is 3.06. The molecule has 4 nitrogen and oxygen atoms in total. The average molecular weight is 316 g/mol. The van der Waals surface area contributed by atoms with Gasteiger partial charge in [0.1, 0.15) is 5.75 Å². The summed E-state index contributed by atoms with van der Waals surface area (Å²) < 4.78 is 5.29. The summed E-state index contributed by atoms with van der Waals surface area (Å²) in [6.45, 7) is 4.94. The SMILES string of the molecule is CCCC(CCC)C(=O)NCCc1c[nH]c2ccc(OC)cc12. The first kappa shape index (κ1) is 17.4. The van der Waals surface area contributed by atoms with Gasteiger partial charge in [0, 0.05) is 29.6 Å². The third-order valence-electron chi connectivity index (χ3n) is 4.31. The molecule has 0 bridgehead atoms. The van der Waals surface area contributed by atoms with E-state index < -0.39 is 0 Å². The molecule has 2 aromatic rings. The minimum absolute atomic E-state index is 0.160. The number of carbonyl (C=O) groups is 1. The van der Waals surface area contributed by atoms with Crippen molar-refractivity contribution in [1.82, 2.24) is 10.3 Å². The Balaban J connectivity index is 1.94. The molecule has 4 heteroatoms. The second-order valence-corrected chi connectivity index (χ2v) is 6.04. The summed E-state index contributed by atoms with van der Waals surface area (Å²) >= 11 is 0. The molecule has 1 aromatic heterocycles.